The number of alkyl halides is 7. The van der Waals surface area contributed by atoms with Crippen molar-refractivity contribution in [3.05, 3.63) is 34.9 Å². The van der Waals surface area contributed by atoms with Crippen LogP contribution in [0.3, 0.4) is 0 Å². The Morgan fingerprint density at radius 1 is 1.26 bits per heavy atom. The summed E-state index contributed by atoms with van der Waals surface area (Å²) in [4.78, 5) is 25.3. The fraction of sp³-hybridized carbons (Fsp3) is 0.474. The maximum atomic E-state index is 14.0. The van der Waals surface area contributed by atoms with E-state index in [0.29, 0.717) is 5.56 Å². The second kappa shape index (κ2) is 9.19. The highest BCUT2D eigenvalue weighted by Gasteiger charge is 2.48. The summed E-state index contributed by atoms with van der Waals surface area (Å²) >= 11 is 0. The molecule has 3 rings (SSSR count). The van der Waals surface area contributed by atoms with Crippen molar-refractivity contribution in [3.63, 3.8) is 0 Å². The van der Waals surface area contributed by atoms with Crippen LogP contribution < -0.4 is 5.32 Å². The average Bonchev–Trinajstić information content (AvgIpc) is 3.06. The summed E-state index contributed by atoms with van der Waals surface area (Å²) in [6, 6.07) is 1.98. The average molecular weight is 497 g/mol. The molecule has 1 aromatic carbocycles. The lowest BCUT2D eigenvalue weighted by molar-refractivity contribution is -0.163. The van der Waals surface area contributed by atoms with Gasteiger partial charge in [-0.25, -0.2) is 13.8 Å². The van der Waals surface area contributed by atoms with Crippen LogP contribution in [0.1, 0.15) is 34.3 Å². The predicted octanol–water partition coefficient (Wildman–Crippen LogP) is 2.92. The number of hydrogen-bond donors (Lipinski definition) is 3. The number of nitrogens with one attached hydrogen (secondary N) is 3. The van der Waals surface area contributed by atoms with Gasteiger partial charge in [-0.1, -0.05) is 6.07 Å². The minimum absolute atomic E-state index is 0.0405. The topological polar surface area (TPSA) is 110 Å². The van der Waals surface area contributed by atoms with Gasteiger partial charge >= 0.3 is 12.6 Å². The first-order valence-corrected chi connectivity index (χ1v) is 9.75. The van der Waals surface area contributed by atoms with Crippen LogP contribution in [0.5, 0.6) is 0 Å². The van der Waals surface area contributed by atoms with Crippen LogP contribution in [0.2, 0.25) is 0 Å². The number of piperidine rings is 1. The molecule has 0 aromatic heterocycles. The zero-order chi connectivity index (χ0) is 25.4. The molecular formula is C19H18F7N5O3. The molecule has 0 bridgehead atoms. The standard InChI is InChI=1S/C19H18F7N5O3/c20-13(21)15(28)34-14(27)9-1-2-10-7-31(17(33)11(10)5-9)30-4-3-18(22,23)6-12(30)16(32)29-8-19(24,25)26/h1-2,5,12-13,27-28H,3-4,6-8H2,(H,29,32). The van der Waals surface area contributed by atoms with Gasteiger partial charge in [-0.05, 0) is 17.7 Å². The molecule has 1 aromatic rings. The summed E-state index contributed by atoms with van der Waals surface area (Å²) in [6.07, 6.45) is -9.86. The molecule has 1 saturated heterocycles. The number of carbonyl (C=O) groups is 2. The molecule has 15 heteroatoms. The number of amides is 2. The third kappa shape index (κ3) is 5.63. The minimum atomic E-state index is -4.76. The third-order valence-corrected chi connectivity index (χ3v) is 5.20. The van der Waals surface area contributed by atoms with Crippen molar-refractivity contribution in [1.82, 2.24) is 15.3 Å². The van der Waals surface area contributed by atoms with Crippen molar-refractivity contribution in [2.45, 2.75) is 44.0 Å². The number of hydrogen-bond acceptors (Lipinski definition) is 6. The van der Waals surface area contributed by atoms with E-state index >= 15 is 0 Å². The number of ether oxygens (including phenoxy) is 1. The van der Waals surface area contributed by atoms with E-state index < -0.39 is 74.1 Å². The van der Waals surface area contributed by atoms with Crippen LogP contribution in [-0.2, 0) is 16.1 Å². The van der Waals surface area contributed by atoms with Crippen molar-refractivity contribution >= 4 is 23.6 Å². The van der Waals surface area contributed by atoms with Crippen molar-refractivity contribution in [3.8, 4) is 0 Å². The van der Waals surface area contributed by atoms with Crippen LogP contribution in [0, 0.1) is 10.8 Å². The van der Waals surface area contributed by atoms with Gasteiger partial charge in [-0.2, -0.15) is 22.0 Å². The van der Waals surface area contributed by atoms with Crippen LogP contribution in [0.25, 0.3) is 0 Å². The molecule has 3 N–H and O–H groups in total. The third-order valence-electron chi connectivity index (χ3n) is 5.20. The van der Waals surface area contributed by atoms with Gasteiger partial charge in [0.15, 0.2) is 0 Å². The molecule has 0 aliphatic carbocycles. The summed E-state index contributed by atoms with van der Waals surface area (Å²) in [5.41, 5.74) is 0.183. The highest BCUT2D eigenvalue weighted by molar-refractivity contribution is 6.04. The van der Waals surface area contributed by atoms with E-state index in [9.17, 15) is 40.3 Å². The molecule has 34 heavy (non-hydrogen) atoms. The lowest BCUT2D eigenvalue weighted by Gasteiger charge is -2.42. The molecular weight excluding hydrogens is 479 g/mol. The highest BCUT2D eigenvalue weighted by Crippen LogP contribution is 2.36. The molecule has 2 aliphatic heterocycles. The Kier molecular flexibility index (Phi) is 6.87. The number of hydrazine groups is 1. The Bertz CT molecular complexity index is 1010. The van der Waals surface area contributed by atoms with E-state index in [1.165, 1.54) is 12.1 Å². The van der Waals surface area contributed by atoms with Gasteiger partial charge in [0.1, 0.15) is 12.6 Å². The Hall–Kier alpha value is -3.23. The normalized spacial score (nSPS) is 20.3. The SMILES string of the molecule is N=C(OC(=N)C(F)F)c1ccc2c(c1)C(=O)N(N1CCC(F)(F)CC1C(=O)NCC(F)(F)F)C2. The molecule has 0 spiro atoms. The van der Waals surface area contributed by atoms with Crippen LogP contribution >= 0.6 is 0 Å². The molecule has 1 unspecified atom stereocenters. The van der Waals surface area contributed by atoms with Crippen molar-refractivity contribution in [2.75, 3.05) is 13.1 Å². The van der Waals surface area contributed by atoms with Crippen molar-refractivity contribution < 1.29 is 45.1 Å². The number of fused-ring (bicyclic) bond motifs is 1. The highest BCUT2D eigenvalue weighted by atomic mass is 19.4. The Morgan fingerprint density at radius 2 is 1.94 bits per heavy atom. The largest absolute Gasteiger partial charge is 0.419 e. The number of benzene rings is 1. The summed E-state index contributed by atoms with van der Waals surface area (Å²) < 4.78 is 94.7. The van der Waals surface area contributed by atoms with E-state index in [-0.39, 0.29) is 17.7 Å². The Labute approximate surface area is 187 Å². The summed E-state index contributed by atoms with van der Waals surface area (Å²) in [7, 11) is 0. The fourth-order valence-corrected chi connectivity index (χ4v) is 3.59. The first-order valence-electron chi connectivity index (χ1n) is 9.75. The lowest BCUT2D eigenvalue weighted by atomic mass is 9.99. The number of rotatable bonds is 5. The van der Waals surface area contributed by atoms with E-state index in [1.54, 1.807) is 5.32 Å². The Morgan fingerprint density at radius 3 is 2.56 bits per heavy atom. The predicted molar refractivity (Wildman–Crippen MR) is 102 cm³/mol. The Balaban J connectivity index is 1.80. The van der Waals surface area contributed by atoms with Crippen LogP contribution in [0.15, 0.2) is 18.2 Å². The smallest absolute Gasteiger partial charge is 0.405 e. The zero-order valence-electron chi connectivity index (χ0n) is 17.2. The van der Waals surface area contributed by atoms with Crippen LogP contribution in [-0.4, -0.2) is 71.3 Å². The molecule has 2 amide bonds. The fourth-order valence-electron chi connectivity index (χ4n) is 3.59. The maximum Gasteiger partial charge on any atom is 0.405 e. The van der Waals surface area contributed by atoms with Gasteiger partial charge in [0.25, 0.3) is 17.7 Å². The lowest BCUT2D eigenvalue weighted by Crippen LogP contribution is -2.60. The van der Waals surface area contributed by atoms with Gasteiger partial charge in [0, 0.05) is 30.5 Å². The molecule has 1 fully saturated rings. The van der Waals surface area contributed by atoms with Crippen molar-refractivity contribution in [1.29, 1.82) is 10.8 Å². The second-order valence-corrected chi connectivity index (χ2v) is 7.65. The minimum Gasteiger partial charge on any atom is -0.419 e. The van der Waals surface area contributed by atoms with Gasteiger partial charge in [-0.3, -0.25) is 25.4 Å². The van der Waals surface area contributed by atoms with Crippen LogP contribution in [0.4, 0.5) is 30.7 Å². The number of carbonyl (C=O) groups excluding carboxylic acids is 2. The van der Waals surface area contributed by atoms with E-state index in [2.05, 4.69) is 4.74 Å². The zero-order valence-corrected chi connectivity index (χ0v) is 17.2. The number of nitrogens with zero attached hydrogens (tertiary/aromatic N) is 2. The molecule has 1 atom stereocenters. The van der Waals surface area contributed by atoms with Gasteiger partial charge in [0.05, 0.1) is 6.54 Å². The van der Waals surface area contributed by atoms with Gasteiger partial charge < -0.3 is 10.1 Å². The monoisotopic (exact) mass is 497 g/mol. The molecule has 186 valence electrons. The second-order valence-electron chi connectivity index (χ2n) is 7.65. The first kappa shape index (κ1) is 25.4. The van der Waals surface area contributed by atoms with E-state index in [0.717, 1.165) is 16.1 Å². The summed E-state index contributed by atoms with van der Waals surface area (Å²) in [5.74, 6) is -7.74. The summed E-state index contributed by atoms with van der Waals surface area (Å²) in [6.45, 7) is -2.41. The maximum absolute atomic E-state index is 14.0. The molecule has 0 saturated carbocycles. The van der Waals surface area contributed by atoms with Gasteiger partial charge in [-0.15, -0.1) is 0 Å². The summed E-state index contributed by atoms with van der Waals surface area (Å²) in [5, 5.41) is 18.2. The van der Waals surface area contributed by atoms with E-state index in [1.807, 2.05) is 0 Å². The van der Waals surface area contributed by atoms with Crippen molar-refractivity contribution in [2.24, 2.45) is 0 Å². The molecule has 8 nitrogen and oxygen atoms in total. The number of halogens is 7. The molecule has 0 radical (unpaired) electrons. The first-order chi connectivity index (χ1) is 15.7. The quantitative estimate of drug-likeness (QED) is 0.330. The molecule has 2 heterocycles. The van der Waals surface area contributed by atoms with Gasteiger partial charge in [0.2, 0.25) is 11.8 Å². The van der Waals surface area contributed by atoms with E-state index in [4.69, 9.17) is 10.8 Å². The molecule has 2 aliphatic rings.